The summed E-state index contributed by atoms with van der Waals surface area (Å²) in [6.07, 6.45) is 0.649. The molecule has 0 aromatic heterocycles. The third kappa shape index (κ3) is 4.55. The lowest BCUT2D eigenvalue weighted by molar-refractivity contribution is -0.133. The first-order valence-electron chi connectivity index (χ1n) is 7.67. The van der Waals surface area contributed by atoms with Crippen LogP contribution in [0.25, 0.3) is 0 Å². The van der Waals surface area contributed by atoms with Crippen LogP contribution in [0.2, 0.25) is 0 Å². The van der Waals surface area contributed by atoms with Crippen LogP contribution in [0.5, 0.6) is 0 Å². The molecule has 4 nitrogen and oxygen atoms in total. The summed E-state index contributed by atoms with van der Waals surface area (Å²) in [6, 6.07) is 4.40. The third-order valence-corrected chi connectivity index (χ3v) is 3.40. The van der Waals surface area contributed by atoms with Gasteiger partial charge in [0.1, 0.15) is 11.9 Å². The van der Waals surface area contributed by atoms with E-state index in [1.54, 1.807) is 6.07 Å². The number of carbonyl (C=O) groups excluding carboxylic acids is 2. The summed E-state index contributed by atoms with van der Waals surface area (Å²) in [7, 11) is 0. The minimum absolute atomic E-state index is 0.131. The smallest absolute Gasteiger partial charge is 0.249 e. The van der Waals surface area contributed by atoms with Gasteiger partial charge in [-0.05, 0) is 29.5 Å². The second-order valence-electron chi connectivity index (χ2n) is 6.09. The van der Waals surface area contributed by atoms with Crippen LogP contribution in [0, 0.1) is 5.82 Å². The zero-order chi connectivity index (χ0) is 16.9. The lowest BCUT2D eigenvalue weighted by atomic mass is 9.87. The van der Waals surface area contributed by atoms with Crippen LogP contribution in [0.1, 0.15) is 53.0 Å². The number of amides is 2. The highest BCUT2D eigenvalue weighted by Gasteiger charge is 2.27. The van der Waals surface area contributed by atoms with Crippen molar-refractivity contribution >= 4 is 17.5 Å². The van der Waals surface area contributed by atoms with Gasteiger partial charge in [-0.3, -0.25) is 14.9 Å². The first-order valence-corrected chi connectivity index (χ1v) is 7.67. The van der Waals surface area contributed by atoms with Crippen molar-refractivity contribution in [1.82, 2.24) is 5.32 Å². The second kappa shape index (κ2) is 7.38. The number of imide groups is 1. The largest absolute Gasteiger partial charge is 0.371 e. The van der Waals surface area contributed by atoms with Gasteiger partial charge in [0.2, 0.25) is 11.8 Å². The fourth-order valence-electron chi connectivity index (χ4n) is 2.12. The topological polar surface area (TPSA) is 58.2 Å². The molecule has 1 saturated heterocycles. The summed E-state index contributed by atoms with van der Waals surface area (Å²) in [5.41, 5.74) is 1.05. The van der Waals surface area contributed by atoms with Crippen molar-refractivity contribution in [2.45, 2.75) is 58.9 Å². The van der Waals surface area contributed by atoms with Crippen molar-refractivity contribution in [2.24, 2.45) is 0 Å². The average molecular weight is 308 g/mol. The number of piperidine rings is 1. The summed E-state index contributed by atoms with van der Waals surface area (Å²) in [4.78, 5) is 22.7. The summed E-state index contributed by atoms with van der Waals surface area (Å²) in [5, 5.41) is 5.10. The molecule has 0 saturated carbocycles. The zero-order valence-corrected chi connectivity index (χ0v) is 13.9. The fourth-order valence-corrected chi connectivity index (χ4v) is 2.12. The molecule has 1 aliphatic heterocycles. The molecule has 0 spiro atoms. The van der Waals surface area contributed by atoms with Gasteiger partial charge in [-0.25, -0.2) is 4.39 Å². The standard InChI is InChI=1S/C15H19FN2O2.C2H6/c1-15(2,3)9-4-5-11(10(16)8-9)17-12-6-7-13(19)18-14(12)20;1-2/h4-5,8,12,17H,6-7H2,1-3H3,(H,18,19,20);1-2H3. The molecular formula is C17H25FN2O2. The van der Waals surface area contributed by atoms with Crippen molar-refractivity contribution in [2.75, 3.05) is 5.32 Å². The van der Waals surface area contributed by atoms with Crippen molar-refractivity contribution in [3.8, 4) is 0 Å². The Morgan fingerprint density at radius 1 is 1.23 bits per heavy atom. The Morgan fingerprint density at radius 2 is 1.86 bits per heavy atom. The summed E-state index contributed by atoms with van der Waals surface area (Å²) in [6.45, 7) is 10.0. The van der Waals surface area contributed by atoms with Gasteiger partial charge in [-0.2, -0.15) is 0 Å². The Morgan fingerprint density at radius 3 is 2.36 bits per heavy atom. The molecule has 1 unspecified atom stereocenters. The van der Waals surface area contributed by atoms with Gasteiger partial charge < -0.3 is 5.32 Å². The van der Waals surface area contributed by atoms with Crippen LogP contribution in [-0.2, 0) is 15.0 Å². The minimum atomic E-state index is -0.567. The molecule has 1 aromatic carbocycles. The summed E-state index contributed by atoms with van der Waals surface area (Å²) >= 11 is 0. The van der Waals surface area contributed by atoms with Gasteiger partial charge in [0.05, 0.1) is 5.69 Å². The van der Waals surface area contributed by atoms with Crippen molar-refractivity contribution < 1.29 is 14.0 Å². The Labute approximate surface area is 131 Å². The highest BCUT2D eigenvalue weighted by Crippen LogP contribution is 2.26. The van der Waals surface area contributed by atoms with Gasteiger partial charge in [-0.1, -0.05) is 40.7 Å². The number of nitrogens with one attached hydrogen (secondary N) is 2. The van der Waals surface area contributed by atoms with E-state index in [-0.39, 0.29) is 29.2 Å². The molecule has 1 aromatic rings. The Kier molecular flexibility index (Phi) is 6.09. The Bertz CT molecular complexity index is 550. The molecule has 0 radical (unpaired) electrons. The molecule has 0 bridgehead atoms. The van der Waals surface area contributed by atoms with Gasteiger partial charge >= 0.3 is 0 Å². The number of hydrogen-bond acceptors (Lipinski definition) is 3. The number of anilines is 1. The molecule has 122 valence electrons. The lowest BCUT2D eigenvalue weighted by Crippen LogP contribution is -2.47. The van der Waals surface area contributed by atoms with Crippen molar-refractivity contribution in [3.63, 3.8) is 0 Å². The molecule has 5 heteroatoms. The molecule has 1 heterocycles. The van der Waals surface area contributed by atoms with Gasteiger partial charge in [0, 0.05) is 6.42 Å². The van der Waals surface area contributed by atoms with E-state index in [1.807, 2.05) is 40.7 Å². The predicted octanol–water partition coefficient (Wildman–Crippen LogP) is 3.37. The first kappa shape index (κ1) is 18.1. The van der Waals surface area contributed by atoms with E-state index in [4.69, 9.17) is 0 Å². The van der Waals surface area contributed by atoms with E-state index in [0.717, 1.165) is 5.56 Å². The Hall–Kier alpha value is -1.91. The predicted molar refractivity (Wildman–Crippen MR) is 86.2 cm³/mol. The molecule has 1 aliphatic rings. The fraction of sp³-hybridized carbons (Fsp3) is 0.529. The minimum Gasteiger partial charge on any atom is -0.371 e. The number of carbonyl (C=O) groups is 2. The number of rotatable bonds is 2. The van der Waals surface area contributed by atoms with Gasteiger partial charge in [0.25, 0.3) is 0 Å². The monoisotopic (exact) mass is 308 g/mol. The molecule has 2 N–H and O–H groups in total. The summed E-state index contributed by atoms with van der Waals surface area (Å²) in [5.74, 6) is -1.07. The van der Waals surface area contributed by atoms with Crippen LogP contribution in [-0.4, -0.2) is 17.9 Å². The van der Waals surface area contributed by atoms with Crippen LogP contribution in [0.3, 0.4) is 0 Å². The van der Waals surface area contributed by atoms with E-state index in [9.17, 15) is 14.0 Å². The van der Waals surface area contributed by atoms with Crippen LogP contribution in [0.4, 0.5) is 10.1 Å². The number of hydrogen-bond donors (Lipinski definition) is 2. The molecule has 2 rings (SSSR count). The lowest BCUT2D eigenvalue weighted by Gasteiger charge is -2.24. The first-order chi connectivity index (χ1) is 10.3. The maximum Gasteiger partial charge on any atom is 0.249 e. The summed E-state index contributed by atoms with van der Waals surface area (Å²) < 4.78 is 14.1. The maximum atomic E-state index is 14.1. The molecule has 1 atom stereocenters. The third-order valence-electron chi connectivity index (χ3n) is 3.40. The van der Waals surface area contributed by atoms with E-state index in [2.05, 4.69) is 10.6 Å². The van der Waals surface area contributed by atoms with Gasteiger partial charge in [0.15, 0.2) is 0 Å². The highest BCUT2D eigenvalue weighted by atomic mass is 19.1. The van der Waals surface area contributed by atoms with E-state index >= 15 is 0 Å². The SMILES string of the molecule is CC.CC(C)(C)c1ccc(NC2CCC(=O)NC2=O)c(F)c1. The quantitative estimate of drug-likeness (QED) is 0.824. The molecular weight excluding hydrogens is 283 g/mol. The zero-order valence-electron chi connectivity index (χ0n) is 13.9. The van der Waals surface area contributed by atoms with Crippen LogP contribution < -0.4 is 10.6 Å². The normalized spacial score (nSPS) is 18.2. The molecule has 0 aliphatic carbocycles. The van der Waals surface area contributed by atoms with Crippen molar-refractivity contribution in [3.05, 3.63) is 29.6 Å². The average Bonchev–Trinajstić information content (AvgIpc) is 2.45. The van der Waals surface area contributed by atoms with Crippen LogP contribution in [0.15, 0.2) is 18.2 Å². The van der Waals surface area contributed by atoms with Crippen molar-refractivity contribution in [1.29, 1.82) is 0 Å². The second-order valence-corrected chi connectivity index (χ2v) is 6.09. The Balaban J connectivity index is 0.00000116. The molecule has 22 heavy (non-hydrogen) atoms. The number of benzene rings is 1. The number of halogens is 1. The molecule has 2 amide bonds. The molecule has 1 fully saturated rings. The maximum absolute atomic E-state index is 14.1. The van der Waals surface area contributed by atoms with E-state index in [1.165, 1.54) is 6.07 Å². The van der Waals surface area contributed by atoms with Crippen LogP contribution >= 0.6 is 0 Å². The van der Waals surface area contributed by atoms with E-state index < -0.39 is 11.9 Å². The van der Waals surface area contributed by atoms with E-state index in [0.29, 0.717) is 6.42 Å². The van der Waals surface area contributed by atoms with Gasteiger partial charge in [-0.15, -0.1) is 0 Å². The highest BCUT2D eigenvalue weighted by molar-refractivity contribution is 6.01.